The first-order valence-corrected chi connectivity index (χ1v) is 9.60. The van der Waals surface area contributed by atoms with Crippen LogP contribution in [-0.4, -0.2) is 39.6 Å². The number of hydrogen-bond acceptors (Lipinski definition) is 5. The van der Waals surface area contributed by atoms with Crippen molar-refractivity contribution < 1.29 is 9.90 Å². The highest BCUT2D eigenvalue weighted by Crippen LogP contribution is 2.37. The number of aryl methyl sites for hydroxylation is 1. The fourth-order valence-electron chi connectivity index (χ4n) is 3.04. The van der Waals surface area contributed by atoms with Crippen LogP contribution in [0.25, 0.3) is 0 Å². The monoisotopic (exact) mass is 326 g/mol. The average molecular weight is 326 g/mol. The van der Waals surface area contributed by atoms with Gasteiger partial charge in [-0.25, -0.2) is 4.98 Å². The van der Waals surface area contributed by atoms with Gasteiger partial charge in [-0.15, -0.1) is 11.3 Å². The van der Waals surface area contributed by atoms with Gasteiger partial charge in [-0.3, -0.25) is 4.79 Å². The predicted molar refractivity (Wildman–Crippen MR) is 87.3 cm³/mol. The summed E-state index contributed by atoms with van der Waals surface area (Å²) in [4.78, 5) is 17.6. The predicted octanol–water partition coefficient (Wildman–Crippen LogP) is 2.71. The first kappa shape index (κ1) is 15.3. The molecule has 1 saturated heterocycles. The molecule has 1 aliphatic carbocycles. The van der Waals surface area contributed by atoms with Crippen LogP contribution in [-0.2, 0) is 0 Å². The summed E-state index contributed by atoms with van der Waals surface area (Å²) >= 11 is 3.28. The maximum absolute atomic E-state index is 12.3. The highest BCUT2D eigenvalue weighted by atomic mass is 32.2. The number of thioether (sulfide) groups is 1. The number of thiazole rings is 1. The quantitative estimate of drug-likeness (QED) is 0.893. The molecule has 2 aliphatic rings. The number of hydrogen-bond donors (Lipinski definition) is 2. The highest BCUT2D eigenvalue weighted by molar-refractivity contribution is 7.99. The lowest BCUT2D eigenvalue weighted by Gasteiger charge is -2.21. The number of carbonyl (C=O) groups excluding carboxylic acids is 1. The maximum Gasteiger partial charge on any atom is 0.263 e. The van der Waals surface area contributed by atoms with Crippen molar-refractivity contribution in [2.24, 2.45) is 0 Å². The largest absolute Gasteiger partial charge is 0.387 e. The van der Waals surface area contributed by atoms with Crippen molar-refractivity contribution >= 4 is 29.0 Å². The summed E-state index contributed by atoms with van der Waals surface area (Å²) in [5, 5.41) is 14.3. The van der Waals surface area contributed by atoms with Crippen molar-refractivity contribution in [2.75, 3.05) is 18.1 Å². The molecule has 2 fully saturated rings. The third kappa shape index (κ3) is 3.43. The number of nitrogens with zero attached hydrogens (tertiary/aromatic N) is 1. The SMILES string of the molecule is Cc1nc(C2CCCC2)sc1C(=O)NCC1(O)CCSC1. The molecular weight excluding hydrogens is 304 g/mol. The van der Waals surface area contributed by atoms with E-state index >= 15 is 0 Å². The van der Waals surface area contributed by atoms with E-state index in [1.807, 2.05) is 6.92 Å². The van der Waals surface area contributed by atoms with E-state index in [1.54, 1.807) is 11.8 Å². The molecule has 6 heteroatoms. The van der Waals surface area contributed by atoms with E-state index in [0.29, 0.717) is 23.1 Å². The maximum atomic E-state index is 12.3. The molecule has 1 aromatic heterocycles. The van der Waals surface area contributed by atoms with Gasteiger partial charge >= 0.3 is 0 Å². The van der Waals surface area contributed by atoms with E-state index in [1.165, 1.54) is 37.0 Å². The van der Waals surface area contributed by atoms with E-state index in [2.05, 4.69) is 10.3 Å². The van der Waals surface area contributed by atoms with Crippen molar-refractivity contribution in [2.45, 2.75) is 50.5 Å². The second-order valence-corrected chi connectivity index (χ2v) is 8.29. The lowest BCUT2D eigenvalue weighted by molar-refractivity contribution is 0.0613. The van der Waals surface area contributed by atoms with Crippen molar-refractivity contribution in [1.82, 2.24) is 10.3 Å². The second kappa shape index (κ2) is 6.26. The van der Waals surface area contributed by atoms with E-state index in [9.17, 15) is 9.90 Å². The Balaban J connectivity index is 1.64. The van der Waals surface area contributed by atoms with Crippen LogP contribution in [0.2, 0.25) is 0 Å². The van der Waals surface area contributed by atoms with Crippen LogP contribution >= 0.6 is 23.1 Å². The average Bonchev–Trinajstić information content (AvgIpc) is 3.16. The van der Waals surface area contributed by atoms with Gasteiger partial charge in [0, 0.05) is 18.2 Å². The molecule has 21 heavy (non-hydrogen) atoms. The lowest BCUT2D eigenvalue weighted by atomic mass is 10.0. The third-order valence-corrected chi connectivity index (χ3v) is 6.94. The first-order chi connectivity index (χ1) is 10.1. The Kier molecular flexibility index (Phi) is 4.57. The molecule has 0 bridgehead atoms. The fraction of sp³-hybridized carbons (Fsp3) is 0.733. The van der Waals surface area contributed by atoms with Crippen molar-refractivity contribution in [3.05, 3.63) is 15.6 Å². The molecule has 1 aliphatic heterocycles. The van der Waals surface area contributed by atoms with Gasteiger partial charge in [0.2, 0.25) is 0 Å². The van der Waals surface area contributed by atoms with Crippen LogP contribution in [0.5, 0.6) is 0 Å². The summed E-state index contributed by atoms with van der Waals surface area (Å²) in [6.45, 7) is 2.25. The first-order valence-electron chi connectivity index (χ1n) is 7.63. The Morgan fingerprint density at radius 2 is 2.24 bits per heavy atom. The molecule has 0 spiro atoms. The standard InChI is InChI=1S/C15H22N2O2S2/c1-10-12(21-14(17-10)11-4-2-3-5-11)13(18)16-8-15(19)6-7-20-9-15/h11,19H,2-9H2,1H3,(H,16,18). The molecule has 0 aromatic carbocycles. The molecule has 3 rings (SSSR count). The summed E-state index contributed by atoms with van der Waals surface area (Å²) in [6, 6.07) is 0. The highest BCUT2D eigenvalue weighted by Gasteiger charge is 2.32. The summed E-state index contributed by atoms with van der Waals surface area (Å²) in [5.41, 5.74) is 0.0971. The van der Waals surface area contributed by atoms with Gasteiger partial charge in [-0.05, 0) is 31.9 Å². The summed E-state index contributed by atoms with van der Waals surface area (Å²) in [6.07, 6.45) is 5.70. The zero-order valence-electron chi connectivity index (χ0n) is 12.4. The van der Waals surface area contributed by atoms with Gasteiger partial charge in [0.1, 0.15) is 4.88 Å². The Hall–Kier alpha value is -0.590. The molecule has 1 atom stereocenters. The van der Waals surface area contributed by atoms with Gasteiger partial charge in [0.15, 0.2) is 0 Å². The Labute approximate surface area is 133 Å². The zero-order valence-corrected chi connectivity index (χ0v) is 14.0. The van der Waals surface area contributed by atoms with E-state index in [0.717, 1.165) is 22.9 Å². The number of nitrogens with one attached hydrogen (secondary N) is 1. The molecule has 1 unspecified atom stereocenters. The van der Waals surface area contributed by atoms with Gasteiger partial charge in [-0.2, -0.15) is 11.8 Å². The van der Waals surface area contributed by atoms with E-state index < -0.39 is 5.60 Å². The van der Waals surface area contributed by atoms with Crippen LogP contribution in [0.15, 0.2) is 0 Å². The summed E-state index contributed by atoms with van der Waals surface area (Å²) in [5.74, 6) is 2.14. The molecule has 2 N–H and O–H groups in total. The minimum atomic E-state index is -0.729. The summed E-state index contributed by atoms with van der Waals surface area (Å²) < 4.78 is 0. The van der Waals surface area contributed by atoms with Gasteiger partial charge < -0.3 is 10.4 Å². The lowest BCUT2D eigenvalue weighted by Crippen LogP contribution is -2.42. The number of amides is 1. The van der Waals surface area contributed by atoms with Crippen molar-refractivity contribution in [3.63, 3.8) is 0 Å². The topological polar surface area (TPSA) is 62.2 Å². The Bertz CT molecular complexity index is 518. The summed E-state index contributed by atoms with van der Waals surface area (Å²) in [7, 11) is 0. The van der Waals surface area contributed by atoms with Gasteiger partial charge in [-0.1, -0.05) is 12.8 Å². The normalized spacial score (nSPS) is 26.4. The number of aliphatic hydroxyl groups is 1. The van der Waals surface area contributed by atoms with Crippen LogP contribution in [0.1, 0.15) is 58.4 Å². The molecule has 1 aromatic rings. The van der Waals surface area contributed by atoms with E-state index in [-0.39, 0.29) is 5.91 Å². The van der Waals surface area contributed by atoms with Gasteiger partial charge in [0.25, 0.3) is 5.91 Å². The van der Waals surface area contributed by atoms with Crippen LogP contribution < -0.4 is 5.32 Å². The Morgan fingerprint density at radius 3 is 2.90 bits per heavy atom. The number of aromatic nitrogens is 1. The molecular formula is C15H22N2O2S2. The molecule has 4 nitrogen and oxygen atoms in total. The molecule has 2 heterocycles. The second-order valence-electron chi connectivity index (χ2n) is 6.16. The van der Waals surface area contributed by atoms with Crippen LogP contribution in [0.3, 0.4) is 0 Å². The smallest absolute Gasteiger partial charge is 0.263 e. The van der Waals surface area contributed by atoms with Crippen LogP contribution in [0, 0.1) is 6.92 Å². The fourth-order valence-corrected chi connectivity index (χ4v) is 5.48. The van der Waals surface area contributed by atoms with Gasteiger partial charge in [0.05, 0.1) is 16.3 Å². The zero-order chi connectivity index (χ0) is 14.9. The molecule has 1 saturated carbocycles. The third-order valence-electron chi connectivity index (χ3n) is 4.38. The number of carbonyl (C=O) groups is 1. The molecule has 116 valence electrons. The van der Waals surface area contributed by atoms with Crippen molar-refractivity contribution in [3.8, 4) is 0 Å². The minimum Gasteiger partial charge on any atom is -0.387 e. The van der Waals surface area contributed by atoms with Crippen molar-refractivity contribution in [1.29, 1.82) is 0 Å². The Morgan fingerprint density at radius 1 is 1.48 bits per heavy atom. The molecule has 0 radical (unpaired) electrons. The van der Waals surface area contributed by atoms with Crippen LogP contribution in [0.4, 0.5) is 0 Å². The van der Waals surface area contributed by atoms with E-state index in [4.69, 9.17) is 0 Å². The molecule has 1 amide bonds. The number of rotatable bonds is 4. The minimum absolute atomic E-state index is 0.0837.